The largest absolute Gasteiger partial charge is 0.383 e. The minimum Gasteiger partial charge on any atom is -0.383 e. The van der Waals surface area contributed by atoms with E-state index >= 15 is 0 Å². The summed E-state index contributed by atoms with van der Waals surface area (Å²) in [6.07, 6.45) is 2.73. The second kappa shape index (κ2) is 12.2. The van der Waals surface area contributed by atoms with Gasteiger partial charge in [-0.2, -0.15) is 4.31 Å². The van der Waals surface area contributed by atoms with Gasteiger partial charge in [0.05, 0.1) is 48.3 Å². The Balaban J connectivity index is 1.70. The molecule has 3 aromatic rings. The van der Waals surface area contributed by atoms with E-state index in [2.05, 4.69) is 4.98 Å². The minimum absolute atomic E-state index is 0.0320. The summed E-state index contributed by atoms with van der Waals surface area (Å²) in [4.78, 5) is 4.27. The molecule has 1 aliphatic rings. The summed E-state index contributed by atoms with van der Waals surface area (Å²) >= 11 is 5.94. The number of hydrogen-bond donors (Lipinski definition) is 0. The molecular formula is C25H29ClFN3O6S2. The van der Waals surface area contributed by atoms with Crippen LogP contribution in [0.15, 0.2) is 64.8 Å². The Morgan fingerprint density at radius 1 is 1.13 bits per heavy atom. The molecule has 1 fully saturated rings. The van der Waals surface area contributed by atoms with Crippen molar-refractivity contribution in [2.45, 2.75) is 47.8 Å². The number of methoxy groups -OCH3 is 1. The quantitative estimate of drug-likeness (QED) is 0.319. The van der Waals surface area contributed by atoms with Crippen LogP contribution in [0.3, 0.4) is 0 Å². The van der Waals surface area contributed by atoms with Crippen molar-refractivity contribution in [3.05, 3.63) is 76.8 Å². The van der Waals surface area contributed by atoms with Crippen LogP contribution in [0.1, 0.15) is 24.1 Å². The van der Waals surface area contributed by atoms with Crippen molar-refractivity contribution in [1.29, 1.82) is 0 Å². The summed E-state index contributed by atoms with van der Waals surface area (Å²) in [6, 6.07) is 11.0. The topological polar surface area (TPSA) is 108 Å². The number of halogens is 2. The van der Waals surface area contributed by atoms with Crippen LogP contribution in [0.5, 0.6) is 0 Å². The lowest BCUT2D eigenvalue weighted by molar-refractivity contribution is 0.0936. The zero-order chi connectivity index (χ0) is 27.3. The van der Waals surface area contributed by atoms with Crippen LogP contribution in [0.4, 0.5) is 4.39 Å². The number of imidazole rings is 1. The van der Waals surface area contributed by atoms with Gasteiger partial charge in [-0.05, 0) is 54.8 Å². The number of sulfone groups is 1. The third-order valence-corrected chi connectivity index (χ3v) is 9.90. The summed E-state index contributed by atoms with van der Waals surface area (Å²) in [5.41, 5.74) is 0.804. The highest BCUT2D eigenvalue weighted by Crippen LogP contribution is 2.25. The fourth-order valence-corrected chi connectivity index (χ4v) is 7.25. The number of sulfonamides is 1. The summed E-state index contributed by atoms with van der Waals surface area (Å²) in [6.45, 7) is 0.788. The lowest BCUT2D eigenvalue weighted by atomic mass is 10.2. The fraction of sp³-hybridized carbons (Fsp3) is 0.400. The van der Waals surface area contributed by atoms with Gasteiger partial charge >= 0.3 is 0 Å². The number of aromatic nitrogens is 2. The zero-order valence-corrected chi connectivity index (χ0v) is 23.2. The highest BCUT2D eigenvalue weighted by Gasteiger charge is 2.30. The van der Waals surface area contributed by atoms with Crippen molar-refractivity contribution < 1.29 is 30.7 Å². The molecule has 1 atom stereocenters. The molecule has 206 valence electrons. The van der Waals surface area contributed by atoms with E-state index in [1.54, 1.807) is 0 Å². The molecule has 0 N–H and O–H groups in total. The average molecular weight is 586 g/mol. The summed E-state index contributed by atoms with van der Waals surface area (Å²) in [5, 5.41) is 0.209. The van der Waals surface area contributed by atoms with Crippen LogP contribution in [0, 0.1) is 5.82 Å². The van der Waals surface area contributed by atoms with Crippen LogP contribution in [0.25, 0.3) is 0 Å². The Morgan fingerprint density at radius 2 is 1.84 bits per heavy atom. The lowest BCUT2D eigenvalue weighted by Gasteiger charge is -2.23. The molecule has 0 spiro atoms. The first kappa shape index (κ1) is 28.7. The first-order chi connectivity index (χ1) is 18.1. The standard InChI is InChI=1S/C25H29ClFN3O6S2/c1-35-14-12-29(38(33,34)24-10-6-20(26)7-11-24)16-22-15-28-25(30(22)17-23-3-2-13-36-23)37(31,32)18-19-4-8-21(27)9-5-19/h4-11,15,23H,2-3,12-14,16-18H2,1H3. The fourth-order valence-electron chi connectivity index (χ4n) is 4.23. The number of benzene rings is 2. The van der Waals surface area contributed by atoms with Gasteiger partial charge in [-0.25, -0.2) is 26.2 Å². The van der Waals surface area contributed by atoms with Crippen LogP contribution >= 0.6 is 11.6 Å². The van der Waals surface area contributed by atoms with E-state index in [9.17, 15) is 21.2 Å². The summed E-state index contributed by atoms with van der Waals surface area (Å²) in [7, 11) is -6.46. The lowest BCUT2D eigenvalue weighted by Crippen LogP contribution is -2.34. The number of ether oxygens (including phenoxy) is 2. The Kier molecular flexibility index (Phi) is 9.22. The highest BCUT2D eigenvalue weighted by atomic mass is 35.5. The van der Waals surface area contributed by atoms with Gasteiger partial charge in [-0.3, -0.25) is 0 Å². The van der Waals surface area contributed by atoms with E-state index in [4.69, 9.17) is 21.1 Å². The predicted octanol–water partition coefficient (Wildman–Crippen LogP) is 3.67. The van der Waals surface area contributed by atoms with Crippen LogP contribution in [-0.2, 0) is 48.2 Å². The van der Waals surface area contributed by atoms with Crippen molar-refractivity contribution >= 4 is 31.5 Å². The molecule has 1 aliphatic heterocycles. The van der Waals surface area contributed by atoms with E-state index in [0.29, 0.717) is 22.9 Å². The average Bonchev–Trinajstić information content (AvgIpc) is 3.54. The number of rotatable bonds is 12. The van der Waals surface area contributed by atoms with Crippen molar-refractivity contribution in [3.8, 4) is 0 Å². The van der Waals surface area contributed by atoms with Gasteiger partial charge in [0.15, 0.2) is 0 Å². The molecule has 1 unspecified atom stereocenters. The van der Waals surface area contributed by atoms with E-state index in [-0.39, 0.29) is 48.1 Å². The molecule has 1 saturated heterocycles. The molecule has 1 aromatic heterocycles. The van der Waals surface area contributed by atoms with Crippen LogP contribution in [-0.4, -0.2) is 63.7 Å². The molecule has 0 aliphatic carbocycles. The first-order valence-corrected chi connectivity index (χ1v) is 15.4. The third kappa shape index (κ3) is 6.80. The zero-order valence-electron chi connectivity index (χ0n) is 20.8. The number of nitrogens with zero attached hydrogens (tertiary/aromatic N) is 3. The van der Waals surface area contributed by atoms with Gasteiger partial charge in [0, 0.05) is 25.3 Å². The number of hydrogen-bond acceptors (Lipinski definition) is 7. The maximum Gasteiger partial charge on any atom is 0.243 e. The Morgan fingerprint density at radius 3 is 2.47 bits per heavy atom. The van der Waals surface area contributed by atoms with Gasteiger partial charge in [0.1, 0.15) is 5.82 Å². The van der Waals surface area contributed by atoms with Gasteiger partial charge in [-0.15, -0.1) is 0 Å². The van der Waals surface area contributed by atoms with Gasteiger partial charge in [0.25, 0.3) is 0 Å². The molecular weight excluding hydrogens is 557 g/mol. The van der Waals surface area contributed by atoms with E-state index < -0.39 is 25.7 Å². The molecule has 2 aromatic carbocycles. The summed E-state index contributed by atoms with van der Waals surface area (Å²) in [5.74, 6) is -0.850. The molecule has 0 saturated carbocycles. The van der Waals surface area contributed by atoms with Gasteiger partial charge in [-0.1, -0.05) is 23.7 Å². The monoisotopic (exact) mass is 585 g/mol. The molecule has 0 amide bonds. The smallest absolute Gasteiger partial charge is 0.243 e. The van der Waals surface area contributed by atoms with Crippen molar-refractivity contribution in [3.63, 3.8) is 0 Å². The highest BCUT2D eigenvalue weighted by molar-refractivity contribution is 7.90. The van der Waals surface area contributed by atoms with Crippen molar-refractivity contribution in [2.75, 3.05) is 26.9 Å². The Hall–Kier alpha value is -2.35. The Labute approximate surface area is 227 Å². The summed E-state index contributed by atoms with van der Waals surface area (Å²) < 4.78 is 80.8. The third-order valence-electron chi connectivity index (χ3n) is 6.19. The molecule has 4 rings (SSSR count). The molecule has 13 heteroatoms. The van der Waals surface area contributed by atoms with Gasteiger partial charge in [0.2, 0.25) is 25.0 Å². The maximum absolute atomic E-state index is 13.5. The van der Waals surface area contributed by atoms with Crippen molar-refractivity contribution in [2.24, 2.45) is 0 Å². The van der Waals surface area contributed by atoms with E-state index in [1.165, 1.54) is 70.7 Å². The molecule has 38 heavy (non-hydrogen) atoms. The molecule has 0 bridgehead atoms. The predicted molar refractivity (Wildman–Crippen MR) is 139 cm³/mol. The van der Waals surface area contributed by atoms with E-state index in [1.807, 2.05) is 0 Å². The normalized spacial score (nSPS) is 16.4. The first-order valence-electron chi connectivity index (χ1n) is 12.0. The van der Waals surface area contributed by atoms with Crippen molar-refractivity contribution in [1.82, 2.24) is 13.9 Å². The second-order valence-corrected chi connectivity index (χ2v) is 13.2. The van der Waals surface area contributed by atoms with Gasteiger partial charge < -0.3 is 14.0 Å². The molecule has 0 radical (unpaired) electrons. The molecule has 9 nitrogen and oxygen atoms in total. The molecule has 2 heterocycles. The minimum atomic E-state index is -3.97. The Bertz CT molecular complexity index is 1440. The SMILES string of the molecule is COCCN(Cc1cnc(S(=O)(=O)Cc2ccc(F)cc2)n1CC1CCCO1)S(=O)(=O)c1ccc(Cl)cc1. The second-order valence-electron chi connectivity index (χ2n) is 8.95. The van der Waals surface area contributed by atoms with Crippen LogP contribution < -0.4 is 0 Å². The van der Waals surface area contributed by atoms with E-state index in [0.717, 1.165) is 12.8 Å². The van der Waals surface area contributed by atoms with Crippen LogP contribution in [0.2, 0.25) is 5.02 Å². The maximum atomic E-state index is 13.5.